The van der Waals surface area contributed by atoms with Crippen LogP contribution in [0.1, 0.15) is 35.3 Å². The molecule has 0 heterocycles. The molecule has 0 fully saturated rings. The highest BCUT2D eigenvalue weighted by molar-refractivity contribution is 6.01. The van der Waals surface area contributed by atoms with Gasteiger partial charge in [-0.15, -0.1) is 0 Å². The number of amides is 1. The van der Waals surface area contributed by atoms with Gasteiger partial charge in [-0.05, 0) is 47.7 Å². The summed E-state index contributed by atoms with van der Waals surface area (Å²) in [6, 6.07) is 25.8. The largest absolute Gasteiger partial charge is 0.271 e. The average Bonchev–Trinajstić information content (AvgIpc) is 2.72. The van der Waals surface area contributed by atoms with Gasteiger partial charge in [-0.3, -0.25) is 4.79 Å². The summed E-state index contributed by atoms with van der Waals surface area (Å²) in [7, 11) is 0. The van der Waals surface area contributed by atoms with E-state index >= 15 is 0 Å². The summed E-state index contributed by atoms with van der Waals surface area (Å²) in [4.78, 5) is 12.3. The van der Waals surface area contributed by atoms with E-state index in [0.29, 0.717) is 5.56 Å². The molecule has 130 valence electrons. The molecule has 0 spiro atoms. The second-order valence-electron chi connectivity index (χ2n) is 6.13. The standard InChI is InChI=1S/C23H22N2O/c1-3-18-9-11-19(12-10-18)17(2)24-25-23(26)22-15-13-21(14-16-22)20-7-5-4-6-8-20/h4-16H,3H2,1-2H3,(H,25,26). The average molecular weight is 342 g/mol. The maximum absolute atomic E-state index is 12.3. The fraction of sp³-hybridized carbons (Fsp3) is 0.130. The van der Waals surface area contributed by atoms with Crippen molar-refractivity contribution >= 4 is 11.6 Å². The van der Waals surface area contributed by atoms with Crippen LogP contribution in [0.4, 0.5) is 0 Å². The summed E-state index contributed by atoms with van der Waals surface area (Å²) >= 11 is 0. The van der Waals surface area contributed by atoms with Gasteiger partial charge >= 0.3 is 0 Å². The number of benzene rings is 3. The van der Waals surface area contributed by atoms with Crippen LogP contribution in [0.5, 0.6) is 0 Å². The van der Waals surface area contributed by atoms with Crippen LogP contribution in [0.2, 0.25) is 0 Å². The summed E-state index contributed by atoms with van der Waals surface area (Å²) in [5.41, 5.74) is 8.49. The molecule has 0 bridgehead atoms. The van der Waals surface area contributed by atoms with E-state index in [1.165, 1.54) is 5.56 Å². The first-order chi connectivity index (χ1) is 12.7. The number of carbonyl (C=O) groups excluding carboxylic acids is 1. The zero-order valence-corrected chi connectivity index (χ0v) is 15.1. The van der Waals surface area contributed by atoms with E-state index < -0.39 is 0 Å². The highest BCUT2D eigenvalue weighted by Gasteiger charge is 2.06. The Balaban J connectivity index is 1.67. The molecule has 0 aliphatic heterocycles. The Bertz CT molecular complexity index is 895. The lowest BCUT2D eigenvalue weighted by Gasteiger charge is -2.05. The fourth-order valence-electron chi connectivity index (χ4n) is 2.69. The van der Waals surface area contributed by atoms with E-state index in [4.69, 9.17) is 0 Å². The van der Waals surface area contributed by atoms with Crippen molar-refractivity contribution in [1.82, 2.24) is 5.43 Å². The van der Waals surface area contributed by atoms with Gasteiger partial charge in [0.05, 0.1) is 5.71 Å². The molecule has 1 amide bonds. The lowest BCUT2D eigenvalue weighted by Crippen LogP contribution is -2.19. The van der Waals surface area contributed by atoms with Crippen molar-refractivity contribution in [2.75, 3.05) is 0 Å². The number of carbonyl (C=O) groups is 1. The molecule has 1 N–H and O–H groups in total. The molecule has 0 aliphatic rings. The third-order valence-electron chi connectivity index (χ3n) is 4.36. The Kier molecular flexibility index (Phi) is 5.59. The van der Waals surface area contributed by atoms with E-state index in [1.54, 1.807) is 0 Å². The first-order valence-electron chi connectivity index (χ1n) is 8.77. The number of hydrazone groups is 1. The summed E-state index contributed by atoms with van der Waals surface area (Å²) in [5.74, 6) is -0.214. The molecule has 3 aromatic rings. The Labute approximate surface area is 154 Å². The van der Waals surface area contributed by atoms with E-state index in [9.17, 15) is 4.79 Å². The van der Waals surface area contributed by atoms with Crippen molar-refractivity contribution < 1.29 is 4.79 Å². The molecule has 0 saturated carbocycles. The molecular formula is C23H22N2O. The lowest BCUT2D eigenvalue weighted by atomic mass is 10.0. The zero-order valence-electron chi connectivity index (χ0n) is 15.1. The number of hydrogen-bond acceptors (Lipinski definition) is 2. The maximum atomic E-state index is 12.3. The molecule has 0 aliphatic carbocycles. The van der Waals surface area contributed by atoms with Crippen molar-refractivity contribution in [2.24, 2.45) is 5.10 Å². The number of nitrogens with zero attached hydrogens (tertiary/aromatic N) is 1. The van der Waals surface area contributed by atoms with Gasteiger partial charge < -0.3 is 0 Å². The SMILES string of the molecule is CCc1ccc(C(C)=NNC(=O)c2ccc(-c3ccccc3)cc2)cc1. The van der Waals surface area contributed by atoms with E-state index in [-0.39, 0.29) is 5.91 Å². The second kappa shape index (κ2) is 8.26. The maximum Gasteiger partial charge on any atom is 0.271 e. The van der Waals surface area contributed by atoms with Crippen LogP contribution in [-0.2, 0) is 6.42 Å². The quantitative estimate of drug-likeness (QED) is 0.510. The number of aryl methyl sites for hydroxylation is 1. The first-order valence-corrected chi connectivity index (χ1v) is 8.77. The van der Waals surface area contributed by atoms with Gasteiger partial charge in [0.25, 0.3) is 5.91 Å². The Morgan fingerprint density at radius 2 is 1.38 bits per heavy atom. The minimum Gasteiger partial charge on any atom is -0.267 e. The van der Waals surface area contributed by atoms with Crippen LogP contribution in [-0.4, -0.2) is 11.6 Å². The van der Waals surface area contributed by atoms with Gasteiger partial charge in [-0.2, -0.15) is 5.10 Å². The minimum absolute atomic E-state index is 0.214. The molecule has 0 unspecified atom stereocenters. The van der Waals surface area contributed by atoms with Gasteiger partial charge in [0.15, 0.2) is 0 Å². The highest BCUT2D eigenvalue weighted by atomic mass is 16.2. The Morgan fingerprint density at radius 3 is 2.00 bits per heavy atom. The topological polar surface area (TPSA) is 41.5 Å². The summed E-state index contributed by atoms with van der Waals surface area (Å²) < 4.78 is 0. The molecule has 3 heteroatoms. The van der Waals surface area contributed by atoms with Crippen molar-refractivity contribution in [3.8, 4) is 11.1 Å². The van der Waals surface area contributed by atoms with Crippen LogP contribution in [0.3, 0.4) is 0 Å². The molecule has 3 nitrogen and oxygen atoms in total. The molecule has 26 heavy (non-hydrogen) atoms. The first kappa shape index (κ1) is 17.6. The van der Waals surface area contributed by atoms with Gasteiger partial charge in [0, 0.05) is 5.56 Å². The van der Waals surface area contributed by atoms with Crippen molar-refractivity contribution in [2.45, 2.75) is 20.3 Å². The van der Waals surface area contributed by atoms with Crippen molar-refractivity contribution in [3.05, 3.63) is 95.6 Å². The number of rotatable bonds is 5. The summed E-state index contributed by atoms with van der Waals surface area (Å²) in [6.07, 6.45) is 1.01. The van der Waals surface area contributed by atoms with Crippen LogP contribution >= 0.6 is 0 Å². The van der Waals surface area contributed by atoms with Crippen LogP contribution in [0, 0.1) is 0 Å². The monoisotopic (exact) mass is 342 g/mol. The van der Waals surface area contributed by atoms with Gasteiger partial charge in [0.1, 0.15) is 0 Å². The third kappa shape index (κ3) is 4.25. The normalized spacial score (nSPS) is 11.2. The predicted molar refractivity (Wildman–Crippen MR) is 107 cm³/mol. The molecule has 0 saturated heterocycles. The molecule has 0 aromatic heterocycles. The van der Waals surface area contributed by atoms with Crippen LogP contribution in [0.25, 0.3) is 11.1 Å². The summed E-state index contributed by atoms with van der Waals surface area (Å²) in [5, 5.41) is 4.22. The number of nitrogens with one attached hydrogen (secondary N) is 1. The smallest absolute Gasteiger partial charge is 0.267 e. The van der Waals surface area contributed by atoms with Crippen molar-refractivity contribution in [3.63, 3.8) is 0 Å². The highest BCUT2D eigenvalue weighted by Crippen LogP contribution is 2.19. The number of hydrogen-bond donors (Lipinski definition) is 1. The second-order valence-corrected chi connectivity index (χ2v) is 6.13. The molecule has 0 radical (unpaired) electrons. The molecule has 3 rings (SSSR count). The summed E-state index contributed by atoms with van der Waals surface area (Å²) in [6.45, 7) is 4.01. The lowest BCUT2D eigenvalue weighted by molar-refractivity contribution is 0.0955. The van der Waals surface area contributed by atoms with Crippen LogP contribution in [0.15, 0.2) is 84.0 Å². The Hall–Kier alpha value is -3.20. The zero-order chi connectivity index (χ0) is 18.4. The fourth-order valence-corrected chi connectivity index (χ4v) is 2.69. The Morgan fingerprint density at radius 1 is 0.808 bits per heavy atom. The van der Waals surface area contributed by atoms with E-state index in [2.05, 4.69) is 29.6 Å². The minimum atomic E-state index is -0.214. The predicted octanol–water partition coefficient (Wildman–Crippen LogP) is 5.07. The van der Waals surface area contributed by atoms with E-state index in [0.717, 1.165) is 28.8 Å². The molecule has 0 atom stereocenters. The van der Waals surface area contributed by atoms with Crippen molar-refractivity contribution in [1.29, 1.82) is 0 Å². The third-order valence-corrected chi connectivity index (χ3v) is 4.36. The van der Waals surface area contributed by atoms with Gasteiger partial charge in [-0.1, -0.05) is 73.7 Å². The van der Waals surface area contributed by atoms with Crippen LogP contribution < -0.4 is 5.43 Å². The van der Waals surface area contributed by atoms with Gasteiger partial charge in [0.2, 0.25) is 0 Å². The molecular weight excluding hydrogens is 320 g/mol. The molecule has 3 aromatic carbocycles. The van der Waals surface area contributed by atoms with E-state index in [1.807, 2.05) is 73.7 Å². The van der Waals surface area contributed by atoms with Gasteiger partial charge in [-0.25, -0.2) is 5.43 Å².